The normalized spacial score (nSPS) is 11.6. The second-order valence-corrected chi connectivity index (χ2v) is 15.6. The van der Waals surface area contributed by atoms with Gasteiger partial charge in [-0.1, -0.05) is 176 Å². The molecule has 2 aromatic heterocycles. The number of hydrogen-bond donors (Lipinski definition) is 0. The topological polar surface area (TPSA) is 29.5 Å². The highest BCUT2D eigenvalue weighted by Gasteiger charge is 2.26. The average Bonchev–Trinajstić information content (AvgIpc) is 3.92. The first kappa shape index (κ1) is 34.9. The lowest BCUT2D eigenvalue weighted by atomic mass is 9.92. The van der Waals surface area contributed by atoms with Gasteiger partial charge in [0.2, 0.25) is 0 Å². The molecule has 0 saturated heterocycles. The van der Waals surface area contributed by atoms with Crippen LogP contribution in [-0.2, 0) is 0 Å². The van der Waals surface area contributed by atoms with E-state index >= 15 is 0 Å². The predicted octanol–water partition coefficient (Wildman–Crippen LogP) is 16.8. The van der Waals surface area contributed by atoms with Gasteiger partial charge in [-0.3, -0.25) is 0 Å². The number of furan rings is 2. The van der Waals surface area contributed by atoms with Gasteiger partial charge < -0.3 is 13.7 Å². The van der Waals surface area contributed by atoms with Crippen LogP contribution in [0, 0.1) is 0 Å². The van der Waals surface area contributed by atoms with Gasteiger partial charge in [0.15, 0.2) is 5.58 Å². The summed E-state index contributed by atoms with van der Waals surface area (Å²) in [7, 11) is 0. The standard InChI is InChI=1S/C58H37NO2/c1-4-16-38(17-5-1)40-30-32-44(33-31-40)59(53-28-15-27-48-46-25-12-13-29-54(46)60-57(48)53)52-35-34-49-51-37-50(43-23-14-22-42(36-43)39-18-6-2-7-19-39)45-24-10-11-26-47(45)56(51)61-58(49)55(52)41-20-8-3-9-21-41/h1-37H. The summed E-state index contributed by atoms with van der Waals surface area (Å²) in [4.78, 5) is 2.34. The van der Waals surface area contributed by atoms with Crippen molar-refractivity contribution in [2.24, 2.45) is 0 Å². The fourth-order valence-corrected chi connectivity index (χ4v) is 9.21. The molecule has 10 aromatic carbocycles. The molecule has 12 rings (SSSR count). The van der Waals surface area contributed by atoms with E-state index in [0.29, 0.717) is 0 Å². The summed E-state index contributed by atoms with van der Waals surface area (Å²) in [5.41, 5.74) is 15.4. The van der Waals surface area contributed by atoms with Crippen molar-refractivity contribution in [2.75, 3.05) is 4.90 Å². The molecule has 0 saturated carbocycles. The number of para-hydroxylation sites is 2. The van der Waals surface area contributed by atoms with Crippen LogP contribution >= 0.6 is 0 Å². The van der Waals surface area contributed by atoms with E-state index in [0.717, 1.165) is 94.0 Å². The number of fused-ring (bicyclic) bond motifs is 8. The lowest BCUT2D eigenvalue weighted by molar-refractivity contribution is 0.668. The maximum Gasteiger partial charge on any atom is 0.159 e. The molecule has 0 bridgehead atoms. The number of anilines is 3. The minimum Gasteiger partial charge on any atom is -0.455 e. The van der Waals surface area contributed by atoms with E-state index in [9.17, 15) is 0 Å². The van der Waals surface area contributed by atoms with Crippen LogP contribution < -0.4 is 4.90 Å². The zero-order chi connectivity index (χ0) is 40.3. The second-order valence-electron chi connectivity index (χ2n) is 15.6. The van der Waals surface area contributed by atoms with Gasteiger partial charge in [-0.05, 0) is 92.9 Å². The van der Waals surface area contributed by atoms with E-state index in [2.05, 4.69) is 217 Å². The van der Waals surface area contributed by atoms with Gasteiger partial charge in [0.25, 0.3) is 0 Å². The van der Waals surface area contributed by atoms with Gasteiger partial charge in [0, 0.05) is 38.2 Å². The van der Waals surface area contributed by atoms with Gasteiger partial charge in [-0.15, -0.1) is 0 Å². The van der Waals surface area contributed by atoms with Crippen LogP contribution in [0.2, 0.25) is 0 Å². The van der Waals surface area contributed by atoms with E-state index in [1.54, 1.807) is 0 Å². The van der Waals surface area contributed by atoms with Crippen LogP contribution in [0.25, 0.3) is 99.2 Å². The highest BCUT2D eigenvalue weighted by Crippen LogP contribution is 2.50. The second kappa shape index (κ2) is 14.3. The van der Waals surface area contributed by atoms with Crippen molar-refractivity contribution in [1.82, 2.24) is 0 Å². The van der Waals surface area contributed by atoms with Crippen LogP contribution in [0.1, 0.15) is 0 Å². The largest absolute Gasteiger partial charge is 0.455 e. The molecule has 0 aliphatic carbocycles. The summed E-state index contributed by atoms with van der Waals surface area (Å²) in [6.45, 7) is 0. The lowest BCUT2D eigenvalue weighted by Crippen LogP contribution is -2.11. The van der Waals surface area contributed by atoms with Crippen LogP contribution in [-0.4, -0.2) is 0 Å². The first-order valence-electron chi connectivity index (χ1n) is 20.7. The van der Waals surface area contributed by atoms with Gasteiger partial charge in [0.05, 0.1) is 11.4 Å². The molecular weight excluding hydrogens is 743 g/mol. The SMILES string of the molecule is c1ccc(-c2ccc(N(c3ccc4c(oc5c6ccccc6c(-c6cccc(-c7ccccc7)c6)cc45)c3-c3ccccc3)c3cccc4c3oc3ccccc34)cc2)cc1. The number of nitrogens with zero attached hydrogens (tertiary/aromatic N) is 1. The monoisotopic (exact) mass is 779 g/mol. The van der Waals surface area contributed by atoms with Gasteiger partial charge in [-0.2, -0.15) is 0 Å². The molecule has 3 heteroatoms. The Kier molecular flexibility index (Phi) is 8.17. The molecule has 3 nitrogen and oxygen atoms in total. The number of rotatable bonds is 7. The lowest BCUT2D eigenvalue weighted by Gasteiger charge is -2.28. The third kappa shape index (κ3) is 5.82. The molecule has 0 N–H and O–H groups in total. The molecule has 61 heavy (non-hydrogen) atoms. The van der Waals surface area contributed by atoms with Crippen LogP contribution in [0.4, 0.5) is 17.1 Å². The van der Waals surface area contributed by atoms with E-state index in [4.69, 9.17) is 8.83 Å². The summed E-state index contributed by atoms with van der Waals surface area (Å²) < 4.78 is 14.0. The van der Waals surface area contributed by atoms with E-state index < -0.39 is 0 Å². The minimum absolute atomic E-state index is 0.827. The molecule has 0 spiro atoms. The first-order valence-corrected chi connectivity index (χ1v) is 20.7. The van der Waals surface area contributed by atoms with Crippen LogP contribution in [0.15, 0.2) is 233 Å². The molecule has 0 amide bonds. The minimum atomic E-state index is 0.827. The summed E-state index contributed by atoms with van der Waals surface area (Å²) in [5.74, 6) is 0. The molecule has 2 heterocycles. The molecule has 0 aliphatic heterocycles. The van der Waals surface area contributed by atoms with E-state index in [1.165, 1.54) is 22.3 Å². The first-order chi connectivity index (χ1) is 30.3. The Morgan fingerprint density at radius 3 is 1.57 bits per heavy atom. The highest BCUT2D eigenvalue weighted by atomic mass is 16.3. The Bertz CT molecular complexity index is 3570. The van der Waals surface area contributed by atoms with Crippen molar-refractivity contribution in [2.45, 2.75) is 0 Å². The van der Waals surface area contributed by atoms with Crippen molar-refractivity contribution in [3.63, 3.8) is 0 Å². The van der Waals surface area contributed by atoms with Gasteiger partial charge in [0.1, 0.15) is 16.7 Å². The van der Waals surface area contributed by atoms with Crippen molar-refractivity contribution in [3.05, 3.63) is 224 Å². The molecule has 12 aromatic rings. The summed E-state index contributed by atoms with van der Waals surface area (Å²) >= 11 is 0. The van der Waals surface area contributed by atoms with Crippen molar-refractivity contribution in [1.29, 1.82) is 0 Å². The Labute approximate surface area is 353 Å². The smallest absolute Gasteiger partial charge is 0.159 e. The Morgan fingerprint density at radius 2 is 0.820 bits per heavy atom. The number of benzene rings is 10. The van der Waals surface area contributed by atoms with Crippen molar-refractivity contribution >= 4 is 71.7 Å². The maximum atomic E-state index is 7.26. The third-order valence-corrected chi connectivity index (χ3v) is 12.1. The molecule has 286 valence electrons. The number of hydrogen-bond acceptors (Lipinski definition) is 3. The fourth-order valence-electron chi connectivity index (χ4n) is 9.21. The summed E-state index contributed by atoms with van der Waals surface area (Å²) in [5, 5.41) is 6.53. The molecule has 0 atom stereocenters. The van der Waals surface area contributed by atoms with Crippen molar-refractivity contribution in [3.8, 4) is 44.5 Å². The van der Waals surface area contributed by atoms with Gasteiger partial charge in [-0.25, -0.2) is 0 Å². The summed E-state index contributed by atoms with van der Waals surface area (Å²) in [6, 6.07) is 79.7. The third-order valence-electron chi connectivity index (χ3n) is 12.1. The fraction of sp³-hybridized carbons (Fsp3) is 0. The van der Waals surface area contributed by atoms with E-state index in [-0.39, 0.29) is 0 Å². The quantitative estimate of drug-likeness (QED) is 0.161. The maximum absolute atomic E-state index is 7.26. The predicted molar refractivity (Wildman–Crippen MR) is 255 cm³/mol. The molecule has 0 radical (unpaired) electrons. The van der Waals surface area contributed by atoms with Crippen molar-refractivity contribution < 1.29 is 8.83 Å². The summed E-state index contributed by atoms with van der Waals surface area (Å²) in [6.07, 6.45) is 0. The van der Waals surface area contributed by atoms with Crippen LogP contribution in [0.3, 0.4) is 0 Å². The zero-order valence-electron chi connectivity index (χ0n) is 33.1. The molecule has 0 fully saturated rings. The Hall–Kier alpha value is -8.14. The van der Waals surface area contributed by atoms with Crippen LogP contribution in [0.5, 0.6) is 0 Å². The Balaban J connectivity index is 1.13. The Morgan fingerprint density at radius 1 is 0.279 bits per heavy atom. The average molecular weight is 780 g/mol. The molecule has 0 aliphatic rings. The highest BCUT2D eigenvalue weighted by molar-refractivity contribution is 6.22. The molecule has 0 unspecified atom stereocenters. The van der Waals surface area contributed by atoms with Gasteiger partial charge >= 0.3 is 0 Å². The zero-order valence-corrected chi connectivity index (χ0v) is 33.1. The molecular formula is C58H37NO2. The van der Waals surface area contributed by atoms with E-state index in [1.807, 2.05) is 12.1 Å².